The molecule has 0 radical (unpaired) electrons. The second kappa shape index (κ2) is 10.3. The zero-order valence-electron chi connectivity index (χ0n) is 24.0. The van der Waals surface area contributed by atoms with Crippen LogP contribution >= 0.6 is 23.1 Å². The highest BCUT2D eigenvalue weighted by Crippen LogP contribution is 2.69. The molecular weight excluding hydrogens is 592 g/mol. The Labute approximate surface area is 256 Å². The lowest BCUT2D eigenvalue weighted by molar-refractivity contribution is -0.174. The Hall–Kier alpha value is -2.89. The van der Waals surface area contributed by atoms with Crippen molar-refractivity contribution in [3.8, 4) is 5.69 Å². The van der Waals surface area contributed by atoms with Crippen molar-refractivity contribution in [2.75, 3.05) is 6.01 Å². The number of halogens is 2. The molecular formula is C32H33F2N3O4S2. The van der Waals surface area contributed by atoms with E-state index in [1.807, 2.05) is 17.8 Å². The number of hydrogen-bond donors (Lipinski definition) is 1. The van der Waals surface area contributed by atoms with E-state index < -0.39 is 34.2 Å². The van der Waals surface area contributed by atoms with Gasteiger partial charge in [0.15, 0.2) is 5.60 Å². The van der Waals surface area contributed by atoms with Gasteiger partial charge < -0.3 is 9.84 Å². The van der Waals surface area contributed by atoms with E-state index in [1.165, 1.54) is 23.9 Å². The molecule has 7 rings (SSSR count). The highest BCUT2D eigenvalue weighted by Gasteiger charge is 2.70. The Kier molecular flexibility index (Phi) is 6.94. The van der Waals surface area contributed by atoms with Crippen molar-refractivity contribution in [1.82, 2.24) is 14.8 Å². The molecule has 0 unspecified atom stereocenters. The summed E-state index contributed by atoms with van der Waals surface area (Å²) in [5.74, 6) is -0.947. The van der Waals surface area contributed by atoms with Gasteiger partial charge in [0.2, 0.25) is 10.1 Å². The first-order valence-electron chi connectivity index (χ1n) is 14.7. The van der Waals surface area contributed by atoms with Gasteiger partial charge in [-0.25, -0.2) is 23.2 Å². The Morgan fingerprint density at radius 2 is 2.02 bits per heavy atom. The minimum Gasteiger partial charge on any atom is -0.444 e. The number of fused-ring (bicyclic) bond motifs is 6. The van der Waals surface area contributed by atoms with Gasteiger partial charge in [-0.3, -0.25) is 4.79 Å². The van der Waals surface area contributed by atoms with Gasteiger partial charge in [0.05, 0.1) is 23.7 Å². The van der Waals surface area contributed by atoms with Gasteiger partial charge in [-0.1, -0.05) is 19.4 Å². The van der Waals surface area contributed by atoms with Crippen molar-refractivity contribution in [2.45, 2.75) is 64.1 Å². The molecule has 7 nitrogen and oxygen atoms in total. The number of aliphatic hydroxyl groups excluding tert-OH is 1. The average Bonchev–Trinajstić information content (AvgIpc) is 3.71. The molecule has 3 fully saturated rings. The second-order valence-corrected chi connectivity index (χ2v) is 14.6. The van der Waals surface area contributed by atoms with Gasteiger partial charge in [-0.15, -0.1) is 11.3 Å². The summed E-state index contributed by atoms with van der Waals surface area (Å²) in [4.78, 5) is 31.0. The molecule has 226 valence electrons. The maximum atomic E-state index is 13.7. The largest absolute Gasteiger partial charge is 0.444 e. The number of allylic oxidation sites excluding steroid dienone is 1. The fourth-order valence-corrected chi connectivity index (χ4v) is 10.4. The highest BCUT2D eigenvalue weighted by molar-refractivity contribution is 8.13. The second-order valence-electron chi connectivity index (χ2n) is 12.9. The molecule has 2 heterocycles. The van der Waals surface area contributed by atoms with Crippen LogP contribution < -0.4 is 0 Å². The third kappa shape index (κ3) is 4.21. The number of aliphatic hydroxyl groups is 1. The number of benzene rings is 1. The van der Waals surface area contributed by atoms with E-state index in [1.54, 1.807) is 17.5 Å². The highest BCUT2D eigenvalue weighted by atomic mass is 32.2. The van der Waals surface area contributed by atoms with Crippen LogP contribution in [0.2, 0.25) is 0 Å². The van der Waals surface area contributed by atoms with Crippen molar-refractivity contribution in [2.24, 2.45) is 28.6 Å². The molecule has 0 saturated heterocycles. The number of hydrogen-bond acceptors (Lipinski definition) is 8. The maximum absolute atomic E-state index is 13.7. The summed E-state index contributed by atoms with van der Waals surface area (Å²) in [5, 5.41) is 18.0. The van der Waals surface area contributed by atoms with E-state index in [4.69, 9.17) is 4.74 Å². The van der Waals surface area contributed by atoms with Crippen molar-refractivity contribution < 1.29 is 28.2 Å². The van der Waals surface area contributed by atoms with Crippen molar-refractivity contribution in [1.29, 1.82) is 0 Å². The van der Waals surface area contributed by atoms with Crippen LogP contribution in [-0.2, 0) is 16.0 Å². The van der Waals surface area contributed by atoms with Gasteiger partial charge >= 0.3 is 5.97 Å². The fourth-order valence-electron chi connectivity index (χ4n) is 9.20. The van der Waals surface area contributed by atoms with Crippen LogP contribution in [0.5, 0.6) is 0 Å². The van der Waals surface area contributed by atoms with E-state index in [2.05, 4.69) is 23.1 Å². The molecule has 4 aliphatic carbocycles. The molecule has 0 spiro atoms. The summed E-state index contributed by atoms with van der Waals surface area (Å²) >= 11 is 1.68. The normalized spacial score (nSPS) is 34.4. The smallest absolute Gasteiger partial charge is 0.368 e. The van der Waals surface area contributed by atoms with Gasteiger partial charge in [-0.05, 0) is 109 Å². The van der Waals surface area contributed by atoms with Crippen LogP contribution in [0.3, 0.4) is 0 Å². The molecule has 0 bridgehead atoms. The molecule has 2 aromatic heterocycles. The minimum atomic E-state index is -1.55. The SMILES string of the molecule is C[C@]12Cc3cnn(-c4ccc(F)cc4)c3C=C1CC[C@@H]1[C@@H]2[C@@H](O)C[C@@]2(C)[C@H]1CC[C@]2(OC(=O)c1nccs1)C(=O)SCF. The van der Waals surface area contributed by atoms with E-state index in [0.29, 0.717) is 31.0 Å². The molecule has 43 heavy (non-hydrogen) atoms. The van der Waals surface area contributed by atoms with Crippen LogP contribution in [0.25, 0.3) is 11.8 Å². The summed E-state index contributed by atoms with van der Waals surface area (Å²) in [5.41, 5.74) is 1.38. The Balaban J connectivity index is 1.23. The predicted molar refractivity (Wildman–Crippen MR) is 160 cm³/mol. The number of aromatic nitrogens is 3. The molecule has 0 aliphatic heterocycles. The zero-order chi connectivity index (χ0) is 30.1. The molecule has 4 aliphatic rings. The first-order valence-corrected chi connectivity index (χ1v) is 16.6. The lowest BCUT2D eigenvalue weighted by Gasteiger charge is -2.60. The number of thiazole rings is 1. The molecule has 3 saturated carbocycles. The van der Waals surface area contributed by atoms with E-state index in [-0.39, 0.29) is 40.4 Å². The van der Waals surface area contributed by atoms with Gasteiger partial charge in [0.1, 0.15) is 11.8 Å². The van der Waals surface area contributed by atoms with Crippen LogP contribution in [0.1, 0.15) is 67.0 Å². The molecule has 3 aromatic rings. The topological polar surface area (TPSA) is 94.3 Å². The Morgan fingerprint density at radius 3 is 2.74 bits per heavy atom. The summed E-state index contributed by atoms with van der Waals surface area (Å²) in [6.07, 6.45) is 8.38. The van der Waals surface area contributed by atoms with Crippen LogP contribution in [0, 0.1) is 34.4 Å². The zero-order valence-corrected chi connectivity index (χ0v) is 25.6. The number of nitrogens with zero attached hydrogens (tertiary/aromatic N) is 3. The molecule has 0 amide bonds. The number of alkyl halides is 1. The first kappa shape index (κ1) is 28.9. The molecule has 1 N–H and O–H groups in total. The van der Waals surface area contributed by atoms with E-state index in [9.17, 15) is 23.5 Å². The molecule has 1 aromatic carbocycles. The lowest BCUT2D eigenvalue weighted by Crippen LogP contribution is -2.62. The summed E-state index contributed by atoms with van der Waals surface area (Å²) < 4.78 is 35.1. The van der Waals surface area contributed by atoms with Crippen molar-refractivity contribution >= 4 is 40.3 Å². The third-order valence-electron chi connectivity index (χ3n) is 11.0. The average molecular weight is 626 g/mol. The van der Waals surface area contributed by atoms with Crippen molar-refractivity contribution in [3.63, 3.8) is 0 Å². The molecule has 11 heteroatoms. The van der Waals surface area contributed by atoms with Gasteiger partial charge in [0, 0.05) is 17.0 Å². The summed E-state index contributed by atoms with van der Waals surface area (Å²) in [6.45, 7) is 4.18. The quantitative estimate of drug-likeness (QED) is 0.328. The Bertz CT molecular complexity index is 1610. The number of carbonyl (C=O) groups excluding carboxylic acids is 2. The maximum Gasteiger partial charge on any atom is 0.368 e. The summed E-state index contributed by atoms with van der Waals surface area (Å²) in [6, 6.07) is 5.37. The molecule has 7 atom stereocenters. The number of esters is 1. The summed E-state index contributed by atoms with van der Waals surface area (Å²) in [7, 11) is 0. The lowest BCUT2D eigenvalue weighted by atomic mass is 9.45. The third-order valence-corrected chi connectivity index (χ3v) is 12.5. The predicted octanol–water partition coefficient (Wildman–Crippen LogP) is 6.40. The standard InChI is InChI=1S/C32H33F2N3O4S2/c1-30-14-18-16-36-37(21-6-4-20(34)5-7-21)24(18)13-19(30)3-8-22-23-9-10-32(29(40)43-17-33,31(23,2)15-25(38)26(22)30)41-28(39)27-35-11-12-42-27/h4-7,11-13,16,22-23,25-26,38H,3,8-10,14-15,17H2,1-2H3/t22-,23-,25-,26+,30-,31-,32-/m0/s1. The fraction of sp³-hybridized carbons (Fsp3) is 0.500. The van der Waals surface area contributed by atoms with Crippen LogP contribution in [0.4, 0.5) is 8.78 Å². The van der Waals surface area contributed by atoms with Crippen LogP contribution in [-0.4, -0.2) is 48.7 Å². The minimum absolute atomic E-state index is 0.0101. The number of ether oxygens (including phenoxy) is 1. The Morgan fingerprint density at radius 1 is 1.23 bits per heavy atom. The first-order chi connectivity index (χ1) is 20.6. The van der Waals surface area contributed by atoms with Crippen molar-refractivity contribution in [3.05, 3.63) is 69.7 Å². The number of rotatable bonds is 5. The number of carbonyl (C=O) groups is 2. The van der Waals surface area contributed by atoms with E-state index in [0.717, 1.165) is 41.1 Å². The van der Waals surface area contributed by atoms with E-state index >= 15 is 0 Å². The van der Waals surface area contributed by atoms with Gasteiger partial charge in [-0.2, -0.15) is 5.10 Å². The number of thioether (sulfide) groups is 1. The van der Waals surface area contributed by atoms with Crippen LogP contribution in [0.15, 0.2) is 47.6 Å². The monoisotopic (exact) mass is 625 g/mol. The van der Waals surface area contributed by atoms with Gasteiger partial charge in [0.25, 0.3) is 0 Å².